The molecule has 0 aliphatic heterocycles. The topological polar surface area (TPSA) is 0 Å². The van der Waals surface area contributed by atoms with E-state index in [0.29, 0.717) is 0 Å². The van der Waals surface area contributed by atoms with E-state index in [2.05, 4.69) is 60.4 Å². The van der Waals surface area contributed by atoms with Gasteiger partial charge in [0.2, 0.25) is 0 Å². The maximum absolute atomic E-state index is 4.22. The SMILES string of the molecule is Sc1cc(Br)c(Br)cc1Br.[Zn]. The van der Waals surface area contributed by atoms with Crippen molar-refractivity contribution in [3.05, 3.63) is 25.6 Å². The molecule has 0 N–H and O–H groups in total. The molecule has 0 aliphatic rings. The Balaban J connectivity index is 0.000001000. The molecule has 0 unspecified atom stereocenters. The minimum atomic E-state index is 0. The summed E-state index contributed by atoms with van der Waals surface area (Å²) in [5.41, 5.74) is 0. The van der Waals surface area contributed by atoms with Gasteiger partial charge in [-0.15, -0.1) is 12.6 Å². The van der Waals surface area contributed by atoms with Crippen LogP contribution < -0.4 is 0 Å². The van der Waals surface area contributed by atoms with Crippen LogP contribution in [0.15, 0.2) is 30.4 Å². The van der Waals surface area contributed by atoms with Crippen LogP contribution in [0.5, 0.6) is 0 Å². The van der Waals surface area contributed by atoms with Gasteiger partial charge in [0.25, 0.3) is 0 Å². The maximum Gasteiger partial charge on any atom is 0.0329 e. The third-order valence-electron chi connectivity index (χ3n) is 0.990. The van der Waals surface area contributed by atoms with Crippen LogP contribution >= 0.6 is 60.4 Å². The monoisotopic (exact) mass is 408 g/mol. The molecule has 0 radical (unpaired) electrons. The summed E-state index contributed by atoms with van der Waals surface area (Å²) in [5.74, 6) is 0. The molecule has 0 bridgehead atoms. The first-order chi connectivity index (χ1) is 4.61. The molecule has 0 amide bonds. The third kappa shape index (κ3) is 3.47. The summed E-state index contributed by atoms with van der Waals surface area (Å²) in [7, 11) is 0. The van der Waals surface area contributed by atoms with Crippen LogP contribution in [0.25, 0.3) is 0 Å². The van der Waals surface area contributed by atoms with Crippen LogP contribution in [0, 0.1) is 0 Å². The van der Waals surface area contributed by atoms with Crippen molar-refractivity contribution >= 4 is 60.4 Å². The summed E-state index contributed by atoms with van der Waals surface area (Å²) in [5, 5.41) is 0. The number of benzene rings is 1. The van der Waals surface area contributed by atoms with E-state index >= 15 is 0 Å². The number of hydrogen-bond donors (Lipinski definition) is 1. The maximum atomic E-state index is 4.22. The van der Waals surface area contributed by atoms with Crippen LogP contribution in [0.3, 0.4) is 0 Å². The van der Waals surface area contributed by atoms with Gasteiger partial charge in [-0.25, -0.2) is 0 Å². The molecule has 56 valence electrons. The Labute approximate surface area is 109 Å². The molecule has 1 aromatic carbocycles. The normalized spacial score (nSPS) is 9.09. The molecule has 0 aliphatic carbocycles. The van der Waals surface area contributed by atoms with Gasteiger partial charge in [0.15, 0.2) is 0 Å². The predicted octanol–water partition coefficient (Wildman–Crippen LogP) is 4.26. The molecule has 1 aromatic rings. The van der Waals surface area contributed by atoms with Crippen LogP contribution in [-0.2, 0) is 19.5 Å². The summed E-state index contributed by atoms with van der Waals surface area (Å²) >= 11 is 14.3. The number of hydrogen-bond acceptors (Lipinski definition) is 1. The molecule has 0 aromatic heterocycles. The average Bonchev–Trinajstić information content (AvgIpc) is 1.84. The van der Waals surface area contributed by atoms with Crippen molar-refractivity contribution in [1.29, 1.82) is 0 Å². The van der Waals surface area contributed by atoms with Crippen molar-refractivity contribution in [3.63, 3.8) is 0 Å². The van der Waals surface area contributed by atoms with Gasteiger partial charge in [0.05, 0.1) is 0 Å². The molecule has 0 nitrogen and oxygen atoms in total. The Hall–Kier alpha value is 1.63. The van der Waals surface area contributed by atoms with Crippen molar-refractivity contribution in [3.8, 4) is 0 Å². The summed E-state index contributed by atoms with van der Waals surface area (Å²) < 4.78 is 3.03. The number of rotatable bonds is 0. The first-order valence-corrected chi connectivity index (χ1v) is 5.27. The zero-order chi connectivity index (χ0) is 7.72. The summed E-state index contributed by atoms with van der Waals surface area (Å²) in [6.45, 7) is 0. The van der Waals surface area contributed by atoms with E-state index in [0.717, 1.165) is 18.3 Å². The van der Waals surface area contributed by atoms with Gasteiger partial charge in [0, 0.05) is 37.8 Å². The van der Waals surface area contributed by atoms with E-state index in [9.17, 15) is 0 Å². The minimum Gasteiger partial charge on any atom is -0.142 e. The molecule has 5 heteroatoms. The van der Waals surface area contributed by atoms with Crippen molar-refractivity contribution in [1.82, 2.24) is 0 Å². The molecule has 0 saturated carbocycles. The smallest absolute Gasteiger partial charge is 0.0329 e. The zero-order valence-corrected chi connectivity index (χ0v) is 14.1. The molecule has 1 rings (SSSR count). The number of thiol groups is 1. The Morgan fingerprint density at radius 1 is 0.909 bits per heavy atom. The Kier molecular flexibility index (Phi) is 6.18. The second kappa shape index (κ2) is 5.38. The molecule has 11 heavy (non-hydrogen) atoms. The molecular formula is C6H3Br3SZn. The van der Waals surface area contributed by atoms with Crippen molar-refractivity contribution < 1.29 is 19.5 Å². The van der Waals surface area contributed by atoms with Gasteiger partial charge in [-0.1, -0.05) is 0 Å². The minimum absolute atomic E-state index is 0. The zero-order valence-electron chi connectivity index (χ0n) is 5.44. The molecule has 0 heterocycles. The van der Waals surface area contributed by atoms with Crippen LogP contribution in [0.4, 0.5) is 0 Å². The van der Waals surface area contributed by atoms with E-state index in [1.807, 2.05) is 12.1 Å². The Morgan fingerprint density at radius 3 is 1.82 bits per heavy atom. The predicted molar refractivity (Wildman–Crippen MR) is 56.8 cm³/mol. The van der Waals surface area contributed by atoms with Crippen molar-refractivity contribution in [2.75, 3.05) is 0 Å². The van der Waals surface area contributed by atoms with Crippen LogP contribution in [0.2, 0.25) is 0 Å². The van der Waals surface area contributed by atoms with Crippen LogP contribution in [-0.4, -0.2) is 0 Å². The van der Waals surface area contributed by atoms with Gasteiger partial charge < -0.3 is 0 Å². The summed E-state index contributed by atoms with van der Waals surface area (Å²) in [6, 6.07) is 3.88. The molecule has 0 spiro atoms. The summed E-state index contributed by atoms with van der Waals surface area (Å²) in [4.78, 5) is 0.926. The van der Waals surface area contributed by atoms with Gasteiger partial charge >= 0.3 is 0 Å². The van der Waals surface area contributed by atoms with E-state index in [1.165, 1.54) is 0 Å². The van der Waals surface area contributed by atoms with E-state index in [-0.39, 0.29) is 19.5 Å². The van der Waals surface area contributed by atoms with Crippen molar-refractivity contribution in [2.24, 2.45) is 0 Å². The molecule has 0 saturated heterocycles. The fourth-order valence-corrected chi connectivity index (χ4v) is 2.22. The van der Waals surface area contributed by atoms with E-state index in [4.69, 9.17) is 0 Å². The van der Waals surface area contributed by atoms with E-state index < -0.39 is 0 Å². The first-order valence-electron chi connectivity index (χ1n) is 2.45. The first kappa shape index (κ1) is 12.6. The van der Waals surface area contributed by atoms with Gasteiger partial charge in [-0.05, 0) is 59.9 Å². The number of halogens is 3. The third-order valence-corrected chi connectivity index (χ3v) is 4.17. The van der Waals surface area contributed by atoms with Gasteiger partial charge in [-0.3, -0.25) is 0 Å². The van der Waals surface area contributed by atoms with E-state index in [1.54, 1.807) is 0 Å². The fraction of sp³-hybridized carbons (Fsp3) is 0. The largest absolute Gasteiger partial charge is 0.142 e. The summed E-state index contributed by atoms with van der Waals surface area (Å²) in [6.07, 6.45) is 0. The van der Waals surface area contributed by atoms with Crippen molar-refractivity contribution in [2.45, 2.75) is 4.90 Å². The molecule has 0 atom stereocenters. The fourth-order valence-electron chi connectivity index (χ4n) is 0.512. The quantitative estimate of drug-likeness (QED) is 0.368. The second-order valence-corrected chi connectivity index (χ2v) is 4.76. The molecular weight excluding hydrogens is 409 g/mol. The average molecular weight is 412 g/mol. The van der Waals surface area contributed by atoms with Gasteiger partial charge in [0.1, 0.15) is 0 Å². The molecule has 0 fully saturated rings. The van der Waals surface area contributed by atoms with Crippen LogP contribution in [0.1, 0.15) is 0 Å². The second-order valence-electron chi connectivity index (χ2n) is 1.72. The Morgan fingerprint density at radius 2 is 1.36 bits per heavy atom. The Bertz CT molecular complexity index is 214. The standard InChI is InChI=1S/C6H3Br3S.Zn/c7-3-1-5(9)6(10)2-4(3)8;/h1-2,10H;. The van der Waals surface area contributed by atoms with Gasteiger partial charge in [-0.2, -0.15) is 0 Å².